The van der Waals surface area contributed by atoms with Gasteiger partial charge in [0.1, 0.15) is 5.75 Å². The van der Waals surface area contributed by atoms with E-state index in [1.807, 2.05) is 24.3 Å². The van der Waals surface area contributed by atoms with E-state index in [1.165, 1.54) is 19.3 Å². The molecule has 1 unspecified atom stereocenters. The van der Waals surface area contributed by atoms with Crippen LogP contribution in [0.4, 0.5) is 26.3 Å². The van der Waals surface area contributed by atoms with E-state index >= 15 is 0 Å². The van der Waals surface area contributed by atoms with Crippen LogP contribution in [0.2, 0.25) is 0 Å². The highest BCUT2D eigenvalue weighted by Gasteiger charge is 2.37. The Balaban J connectivity index is 1.49. The van der Waals surface area contributed by atoms with Crippen molar-refractivity contribution < 1.29 is 31.1 Å². The van der Waals surface area contributed by atoms with E-state index < -0.39 is 23.5 Å². The molecule has 2 aromatic rings. The van der Waals surface area contributed by atoms with Crippen molar-refractivity contribution in [2.75, 3.05) is 39.8 Å². The second kappa shape index (κ2) is 12.3. The van der Waals surface area contributed by atoms with Crippen LogP contribution in [0.15, 0.2) is 42.5 Å². The van der Waals surface area contributed by atoms with Crippen LogP contribution in [0.3, 0.4) is 0 Å². The number of hydrogen-bond donors (Lipinski definition) is 1. The van der Waals surface area contributed by atoms with Crippen molar-refractivity contribution in [2.45, 2.75) is 63.1 Å². The van der Waals surface area contributed by atoms with Gasteiger partial charge in [0.2, 0.25) is 0 Å². The first-order chi connectivity index (χ1) is 18.1. The number of hydrogen-bond acceptors (Lipinski definition) is 4. The molecule has 0 bridgehead atoms. The summed E-state index contributed by atoms with van der Waals surface area (Å²) >= 11 is 0. The summed E-state index contributed by atoms with van der Waals surface area (Å²) in [5, 5.41) is 3.14. The van der Waals surface area contributed by atoms with E-state index in [1.54, 1.807) is 7.11 Å². The molecule has 2 fully saturated rings. The van der Waals surface area contributed by atoms with Crippen molar-refractivity contribution in [3.63, 3.8) is 0 Å². The summed E-state index contributed by atoms with van der Waals surface area (Å²) in [4.78, 5) is 4.93. The molecule has 2 saturated heterocycles. The summed E-state index contributed by atoms with van der Waals surface area (Å²) < 4.78 is 85.3. The molecule has 0 radical (unpaired) electrons. The lowest BCUT2D eigenvalue weighted by atomic mass is 9.96. The van der Waals surface area contributed by atoms with Gasteiger partial charge in [-0.2, -0.15) is 26.3 Å². The Hall–Kier alpha value is -2.30. The third-order valence-electron chi connectivity index (χ3n) is 7.66. The number of likely N-dealkylation sites (tertiary alicyclic amines) is 2. The van der Waals surface area contributed by atoms with E-state index in [0.29, 0.717) is 18.3 Å². The van der Waals surface area contributed by atoms with Crippen LogP contribution < -0.4 is 10.1 Å². The monoisotopic (exact) mass is 543 g/mol. The highest BCUT2D eigenvalue weighted by atomic mass is 19.4. The summed E-state index contributed by atoms with van der Waals surface area (Å²) in [6, 6.07) is 9.75. The maximum Gasteiger partial charge on any atom is 0.416 e. The van der Waals surface area contributed by atoms with Gasteiger partial charge in [-0.15, -0.1) is 0 Å². The molecule has 0 aliphatic carbocycles. The molecular formula is C28H35F6N3O. The average molecular weight is 544 g/mol. The van der Waals surface area contributed by atoms with E-state index in [2.05, 4.69) is 15.1 Å². The van der Waals surface area contributed by atoms with Crippen LogP contribution in [0.25, 0.3) is 0 Å². The summed E-state index contributed by atoms with van der Waals surface area (Å²) in [6.07, 6.45) is -3.93. The number of methoxy groups -OCH3 is 1. The van der Waals surface area contributed by atoms with Crippen LogP contribution >= 0.6 is 0 Å². The number of ether oxygens (including phenoxy) is 1. The molecule has 0 spiro atoms. The second-order valence-corrected chi connectivity index (χ2v) is 10.2. The molecule has 10 heteroatoms. The van der Waals surface area contributed by atoms with Crippen LogP contribution in [-0.4, -0.2) is 55.7 Å². The number of nitrogens with one attached hydrogen (secondary N) is 1. The van der Waals surface area contributed by atoms with Crippen molar-refractivity contribution >= 4 is 0 Å². The first kappa shape index (κ1) is 28.7. The molecule has 2 aromatic carbocycles. The number of halogens is 6. The Bertz CT molecular complexity index is 1010. The minimum absolute atomic E-state index is 0.0604. The lowest BCUT2D eigenvalue weighted by Crippen LogP contribution is -2.48. The van der Waals surface area contributed by atoms with Gasteiger partial charge in [-0.1, -0.05) is 24.6 Å². The number of piperidine rings is 2. The number of alkyl halides is 6. The van der Waals surface area contributed by atoms with Gasteiger partial charge in [-0.25, -0.2) is 0 Å². The van der Waals surface area contributed by atoms with Gasteiger partial charge in [-0.3, -0.25) is 4.90 Å². The Morgan fingerprint density at radius 3 is 2.05 bits per heavy atom. The minimum atomic E-state index is -4.87. The maximum absolute atomic E-state index is 13.3. The third kappa shape index (κ3) is 7.21. The zero-order valence-electron chi connectivity index (χ0n) is 21.5. The van der Waals surface area contributed by atoms with Crippen LogP contribution in [-0.2, 0) is 18.9 Å². The molecule has 2 heterocycles. The smallest absolute Gasteiger partial charge is 0.416 e. The van der Waals surface area contributed by atoms with E-state index in [0.717, 1.165) is 56.7 Å². The molecule has 210 valence electrons. The van der Waals surface area contributed by atoms with Gasteiger partial charge in [0, 0.05) is 37.8 Å². The summed E-state index contributed by atoms with van der Waals surface area (Å²) in [7, 11) is 1.59. The molecule has 38 heavy (non-hydrogen) atoms. The average Bonchev–Trinajstić information content (AvgIpc) is 2.91. The van der Waals surface area contributed by atoms with Gasteiger partial charge < -0.3 is 15.0 Å². The molecule has 2 aliphatic heterocycles. The van der Waals surface area contributed by atoms with E-state index in [-0.39, 0.29) is 24.2 Å². The molecule has 0 aromatic heterocycles. The van der Waals surface area contributed by atoms with Gasteiger partial charge in [0.15, 0.2) is 0 Å². The number of para-hydroxylation sites is 1. The molecule has 4 rings (SSSR count). The first-order valence-corrected chi connectivity index (χ1v) is 13.2. The summed E-state index contributed by atoms with van der Waals surface area (Å²) in [5.41, 5.74) is -1.72. The van der Waals surface area contributed by atoms with Crippen molar-refractivity contribution in [3.05, 3.63) is 64.7 Å². The predicted octanol–water partition coefficient (Wildman–Crippen LogP) is 6.51. The standard InChI is InChI=1S/C28H35F6N3O/c1-38-26-8-4-3-7-24(26)25(37-13-9-23(10-14-37)36-11-5-2-6-12-36)19-35-18-20-15-21(27(29,30)31)17-22(16-20)28(32,33)34/h3-4,7-8,15-17,23,25,35H,2,5-6,9-14,18-19H2,1H3. The highest BCUT2D eigenvalue weighted by Crippen LogP contribution is 2.37. The van der Waals surface area contributed by atoms with E-state index in [4.69, 9.17) is 4.74 Å². The van der Waals surface area contributed by atoms with Crippen LogP contribution in [0.5, 0.6) is 5.75 Å². The molecule has 4 nitrogen and oxygen atoms in total. The van der Waals surface area contributed by atoms with Crippen molar-refractivity contribution in [1.82, 2.24) is 15.1 Å². The van der Waals surface area contributed by atoms with Gasteiger partial charge >= 0.3 is 12.4 Å². The lowest BCUT2D eigenvalue weighted by molar-refractivity contribution is -0.143. The first-order valence-electron chi connectivity index (χ1n) is 13.2. The number of benzene rings is 2. The molecule has 0 saturated carbocycles. The topological polar surface area (TPSA) is 27.7 Å². The molecule has 1 atom stereocenters. The third-order valence-corrected chi connectivity index (χ3v) is 7.66. The Labute approximate surface area is 219 Å². The fourth-order valence-electron chi connectivity index (χ4n) is 5.70. The molecular weight excluding hydrogens is 508 g/mol. The highest BCUT2D eigenvalue weighted by molar-refractivity contribution is 5.37. The Morgan fingerprint density at radius 2 is 1.47 bits per heavy atom. The fraction of sp³-hybridized carbons (Fsp3) is 0.571. The normalized spacial score (nSPS) is 19.4. The molecule has 0 amide bonds. The number of rotatable bonds is 8. The van der Waals surface area contributed by atoms with Crippen molar-refractivity contribution in [1.29, 1.82) is 0 Å². The van der Waals surface area contributed by atoms with Gasteiger partial charge in [0.25, 0.3) is 0 Å². The summed E-state index contributed by atoms with van der Waals surface area (Å²) in [5.74, 6) is 0.705. The van der Waals surface area contributed by atoms with Crippen molar-refractivity contribution in [3.8, 4) is 5.75 Å². The molecule has 2 aliphatic rings. The largest absolute Gasteiger partial charge is 0.496 e. The van der Waals surface area contributed by atoms with Crippen LogP contribution in [0, 0.1) is 0 Å². The molecule has 1 N–H and O–H groups in total. The summed E-state index contributed by atoms with van der Waals surface area (Å²) in [6.45, 7) is 4.22. The van der Waals surface area contributed by atoms with Crippen LogP contribution in [0.1, 0.15) is 60.4 Å². The zero-order valence-corrected chi connectivity index (χ0v) is 21.5. The number of nitrogens with zero attached hydrogens (tertiary/aromatic N) is 2. The SMILES string of the molecule is COc1ccccc1C(CNCc1cc(C(F)(F)F)cc(C(F)(F)F)c1)N1CCC(N2CCCCC2)CC1. The van der Waals surface area contributed by atoms with Gasteiger partial charge in [0.05, 0.1) is 24.3 Å². The Morgan fingerprint density at radius 1 is 0.868 bits per heavy atom. The zero-order chi connectivity index (χ0) is 27.3. The predicted molar refractivity (Wildman–Crippen MR) is 134 cm³/mol. The lowest BCUT2D eigenvalue weighted by Gasteiger charge is -2.43. The van der Waals surface area contributed by atoms with Gasteiger partial charge in [-0.05, 0) is 68.6 Å². The fourth-order valence-corrected chi connectivity index (χ4v) is 5.70. The quantitative estimate of drug-likeness (QED) is 0.384. The maximum atomic E-state index is 13.3. The minimum Gasteiger partial charge on any atom is -0.496 e. The second-order valence-electron chi connectivity index (χ2n) is 10.2. The van der Waals surface area contributed by atoms with E-state index in [9.17, 15) is 26.3 Å². The van der Waals surface area contributed by atoms with Crippen molar-refractivity contribution in [2.24, 2.45) is 0 Å². The Kier molecular flexibility index (Phi) is 9.26.